The summed E-state index contributed by atoms with van der Waals surface area (Å²) in [6.45, 7) is 0. The number of aromatic nitrogens is 3. The van der Waals surface area contributed by atoms with Crippen molar-refractivity contribution in [2.24, 2.45) is 5.10 Å². The Morgan fingerprint density at radius 1 is 1.44 bits per heavy atom. The third kappa shape index (κ3) is 2.91. The van der Waals surface area contributed by atoms with Crippen LogP contribution in [0.4, 0.5) is 5.95 Å². The van der Waals surface area contributed by atoms with E-state index in [0.29, 0.717) is 5.75 Å². The quantitative estimate of drug-likeness (QED) is 0.608. The van der Waals surface area contributed by atoms with Crippen molar-refractivity contribution in [1.82, 2.24) is 15.2 Å². The first-order valence-corrected chi connectivity index (χ1v) is 5.13. The molecule has 0 aliphatic heterocycles. The number of methoxy groups -OCH3 is 1. The smallest absolute Gasteiger partial charge is 0.271 e. The number of rotatable bonds is 4. The second-order valence-electron chi connectivity index (χ2n) is 3.29. The van der Waals surface area contributed by atoms with Crippen LogP contribution in [0.5, 0.6) is 5.75 Å². The summed E-state index contributed by atoms with van der Waals surface area (Å²) in [5.74, 6) is 0.879. The lowest BCUT2D eigenvalue weighted by atomic mass is 10.2. The molecule has 0 saturated carbocycles. The van der Waals surface area contributed by atoms with E-state index in [4.69, 9.17) is 4.74 Å². The fraction of sp³-hybridized carbons (Fsp3) is 0.0909. The minimum absolute atomic E-state index is 0.175. The maximum absolute atomic E-state index is 11.0. The molecule has 2 rings (SSSR count). The molecule has 0 saturated heterocycles. The van der Waals surface area contributed by atoms with Gasteiger partial charge < -0.3 is 4.74 Å². The van der Waals surface area contributed by atoms with Gasteiger partial charge in [-0.05, 0) is 12.1 Å². The molecule has 0 radical (unpaired) electrons. The maximum Gasteiger partial charge on any atom is 0.271 e. The average molecular weight is 245 g/mol. The maximum atomic E-state index is 11.0. The number of hydrogen-bond acceptors (Lipinski definition) is 6. The lowest BCUT2D eigenvalue weighted by Gasteiger charge is -2.02. The molecule has 0 atom stereocenters. The predicted molar refractivity (Wildman–Crippen MR) is 66.9 cm³/mol. The van der Waals surface area contributed by atoms with E-state index >= 15 is 0 Å². The monoisotopic (exact) mass is 245 g/mol. The fourth-order valence-electron chi connectivity index (χ4n) is 1.30. The van der Waals surface area contributed by atoms with Gasteiger partial charge in [0.2, 0.25) is 5.95 Å². The molecule has 1 aromatic heterocycles. The fourth-order valence-corrected chi connectivity index (χ4v) is 1.30. The summed E-state index contributed by atoms with van der Waals surface area (Å²) in [5, 5.41) is 11.1. The van der Waals surface area contributed by atoms with Crippen LogP contribution in [0.3, 0.4) is 0 Å². The summed E-state index contributed by atoms with van der Waals surface area (Å²) in [6.07, 6.45) is 2.64. The molecule has 92 valence electrons. The van der Waals surface area contributed by atoms with Crippen molar-refractivity contribution >= 4 is 12.2 Å². The van der Waals surface area contributed by atoms with Gasteiger partial charge in [-0.1, -0.05) is 12.1 Å². The number of benzene rings is 1. The highest BCUT2D eigenvalue weighted by Crippen LogP contribution is 2.14. The van der Waals surface area contributed by atoms with Gasteiger partial charge in [-0.3, -0.25) is 9.78 Å². The van der Waals surface area contributed by atoms with Gasteiger partial charge >= 0.3 is 0 Å². The number of anilines is 1. The van der Waals surface area contributed by atoms with E-state index < -0.39 is 0 Å². The van der Waals surface area contributed by atoms with Gasteiger partial charge in [-0.25, -0.2) is 5.43 Å². The van der Waals surface area contributed by atoms with Crippen LogP contribution in [0.1, 0.15) is 5.56 Å². The number of para-hydroxylation sites is 1. The molecule has 2 aromatic rings. The van der Waals surface area contributed by atoms with E-state index in [1.54, 1.807) is 13.3 Å². The molecule has 0 aliphatic rings. The number of hydrogen-bond donors (Lipinski definition) is 2. The Hall–Kier alpha value is -2.70. The van der Waals surface area contributed by atoms with Crippen molar-refractivity contribution in [1.29, 1.82) is 0 Å². The number of hydrazone groups is 1. The number of ether oxygens (including phenoxy) is 1. The lowest BCUT2D eigenvalue weighted by Crippen LogP contribution is -2.10. The number of aromatic amines is 1. The van der Waals surface area contributed by atoms with E-state index in [1.165, 1.54) is 0 Å². The minimum Gasteiger partial charge on any atom is -0.496 e. The van der Waals surface area contributed by atoms with Gasteiger partial charge in [-0.15, -0.1) is 10.2 Å². The van der Waals surface area contributed by atoms with Crippen LogP contribution < -0.4 is 15.7 Å². The summed E-state index contributed by atoms with van der Waals surface area (Å²) in [5.41, 5.74) is 3.03. The first-order chi connectivity index (χ1) is 8.79. The van der Waals surface area contributed by atoms with Crippen molar-refractivity contribution in [3.63, 3.8) is 0 Å². The van der Waals surface area contributed by atoms with Crippen LogP contribution in [-0.2, 0) is 0 Å². The van der Waals surface area contributed by atoms with Gasteiger partial charge in [0.25, 0.3) is 5.56 Å². The van der Waals surface area contributed by atoms with E-state index in [0.717, 1.165) is 11.8 Å². The molecular formula is C11H11N5O2. The molecule has 0 aliphatic carbocycles. The summed E-state index contributed by atoms with van der Waals surface area (Å²) in [4.78, 5) is 13.4. The number of nitrogens with one attached hydrogen (secondary N) is 2. The third-order valence-corrected chi connectivity index (χ3v) is 2.09. The minimum atomic E-state index is -0.347. The number of nitrogens with zero attached hydrogens (tertiary/aromatic N) is 3. The van der Waals surface area contributed by atoms with Crippen LogP contribution in [0.15, 0.2) is 40.4 Å². The van der Waals surface area contributed by atoms with E-state index in [1.807, 2.05) is 24.3 Å². The lowest BCUT2D eigenvalue weighted by molar-refractivity contribution is 0.414. The summed E-state index contributed by atoms with van der Waals surface area (Å²) in [6, 6.07) is 7.41. The molecule has 0 spiro atoms. The van der Waals surface area contributed by atoms with Gasteiger partial charge in [0, 0.05) is 5.56 Å². The zero-order chi connectivity index (χ0) is 12.8. The summed E-state index contributed by atoms with van der Waals surface area (Å²) >= 11 is 0. The predicted octanol–water partition coefficient (Wildman–Crippen LogP) is 0.619. The molecule has 0 amide bonds. The molecule has 7 heteroatoms. The Morgan fingerprint density at radius 3 is 3.06 bits per heavy atom. The molecule has 0 unspecified atom stereocenters. The molecule has 0 fully saturated rings. The van der Waals surface area contributed by atoms with Crippen LogP contribution >= 0.6 is 0 Å². The highest BCUT2D eigenvalue weighted by Gasteiger charge is 1.97. The Kier molecular flexibility index (Phi) is 3.65. The molecule has 1 heterocycles. The molecule has 1 aromatic carbocycles. The Labute approximate surface area is 103 Å². The van der Waals surface area contributed by atoms with Gasteiger partial charge in [0.1, 0.15) is 11.9 Å². The second-order valence-corrected chi connectivity index (χ2v) is 3.29. The van der Waals surface area contributed by atoms with Gasteiger partial charge in [0.15, 0.2) is 0 Å². The normalized spacial score (nSPS) is 10.5. The molecule has 7 nitrogen and oxygen atoms in total. The third-order valence-electron chi connectivity index (χ3n) is 2.09. The first-order valence-electron chi connectivity index (χ1n) is 5.13. The van der Waals surface area contributed by atoms with E-state index in [9.17, 15) is 4.79 Å². The zero-order valence-electron chi connectivity index (χ0n) is 9.62. The second kappa shape index (κ2) is 5.58. The Balaban J connectivity index is 2.10. The standard InChI is InChI=1S/C11H11N5O2/c1-18-9-5-3-2-4-8(9)6-12-15-11-14-10(17)7-13-16-11/h2-7H,1H3,(H2,14,15,16,17). The zero-order valence-corrected chi connectivity index (χ0v) is 9.62. The van der Waals surface area contributed by atoms with Crippen LogP contribution in [-0.4, -0.2) is 28.5 Å². The SMILES string of the molecule is COc1ccccc1C=NNc1nncc(=O)[nH]1. The van der Waals surface area contributed by atoms with Crippen LogP contribution in [0.25, 0.3) is 0 Å². The van der Waals surface area contributed by atoms with E-state index in [2.05, 4.69) is 25.7 Å². The highest BCUT2D eigenvalue weighted by atomic mass is 16.5. The van der Waals surface area contributed by atoms with Crippen molar-refractivity contribution in [3.8, 4) is 5.75 Å². The van der Waals surface area contributed by atoms with Crippen molar-refractivity contribution in [3.05, 3.63) is 46.4 Å². The van der Waals surface area contributed by atoms with E-state index in [-0.39, 0.29) is 11.5 Å². The largest absolute Gasteiger partial charge is 0.496 e. The van der Waals surface area contributed by atoms with Crippen LogP contribution in [0.2, 0.25) is 0 Å². The average Bonchev–Trinajstić information content (AvgIpc) is 2.39. The molecular weight excluding hydrogens is 234 g/mol. The topological polar surface area (TPSA) is 92.3 Å². The van der Waals surface area contributed by atoms with Crippen molar-refractivity contribution in [2.75, 3.05) is 12.5 Å². The summed E-state index contributed by atoms with van der Waals surface area (Å²) < 4.78 is 5.16. The van der Waals surface area contributed by atoms with Crippen molar-refractivity contribution < 1.29 is 4.74 Å². The van der Waals surface area contributed by atoms with Gasteiger partial charge in [-0.2, -0.15) is 5.10 Å². The van der Waals surface area contributed by atoms with Crippen molar-refractivity contribution in [2.45, 2.75) is 0 Å². The van der Waals surface area contributed by atoms with Crippen LogP contribution in [0, 0.1) is 0 Å². The first kappa shape index (κ1) is 11.8. The summed E-state index contributed by atoms with van der Waals surface area (Å²) in [7, 11) is 1.58. The molecule has 18 heavy (non-hydrogen) atoms. The highest BCUT2D eigenvalue weighted by molar-refractivity contribution is 5.83. The Bertz CT molecular complexity index is 608. The van der Waals surface area contributed by atoms with Gasteiger partial charge in [0.05, 0.1) is 13.3 Å². The molecule has 0 bridgehead atoms. The Morgan fingerprint density at radius 2 is 2.28 bits per heavy atom. The number of H-pyrrole nitrogens is 1. The molecule has 2 N–H and O–H groups in total.